The lowest BCUT2D eigenvalue weighted by molar-refractivity contribution is -0.139. The number of aliphatic hydroxyl groups is 1. The topological polar surface area (TPSA) is 55.8 Å². The highest BCUT2D eigenvalue weighted by Gasteiger charge is 2.08. The van der Waals surface area contributed by atoms with Gasteiger partial charge in [0, 0.05) is 12.0 Å². The number of esters is 1. The molecule has 0 amide bonds. The Morgan fingerprint density at radius 1 is 1.39 bits per heavy atom. The molecule has 18 heavy (non-hydrogen) atoms. The molecule has 0 aromatic heterocycles. The molecule has 1 unspecified atom stereocenters. The minimum atomic E-state index is -0.664. The summed E-state index contributed by atoms with van der Waals surface area (Å²) in [5.74, 6) is 0.265. The van der Waals surface area contributed by atoms with Crippen molar-refractivity contribution in [3.05, 3.63) is 42.5 Å². The van der Waals surface area contributed by atoms with Crippen molar-refractivity contribution in [2.24, 2.45) is 0 Å². The van der Waals surface area contributed by atoms with E-state index in [-0.39, 0.29) is 13.2 Å². The van der Waals surface area contributed by atoms with Gasteiger partial charge >= 0.3 is 5.97 Å². The molecule has 0 saturated carbocycles. The Morgan fingerprint density at radius 2 is 2.06 bits per heavy atom. The van der Waals surface area contributed by atoms with Crippen LogP contribution in [-0.4, -0.2) is 30.4 Å². The number of benzene rings is 1. The van der Waals surface area contributed by atoms with E-state index in [1.807, 2.05) is 30.3 Å². The third kappa shape index (κ3) is 5.50. The van der Waals surface area contributed by atoms with Crippen molar-refractivity contribution in [1.29, 1.82) is 0 Å². The zero-order chi connectivity index (χ0) is 13.4. The van der Waals surface area contributed by atoms with Crippen LogP contribution in [0.3, 0.4) is 0 Å². The van der Waals surface area contributed by atoms with E-state index >= 15 is 0 Å². The minimum Gasteiger partial charge on any atom is -0.491 e. The Labute approximate surface area is 107 Å². The number of rotatable bonds is 7. The van der Waals surface area contributed by atoms with E-state index in [1.165, 1.54) is 0 Å². The maximum atomic E-state index is 11.1. The smallest absolute Gasteiger partial charge is 0.333 e. The Balaban J connectivity index is 2.16. The fraction of sp³-hybridized carbons (Fsp3) is 0.357. The maximum Gasteiger partial charge on any atom is 0.333 e. The number of hydrogen-bond donors (Lipinski definition) is 1. The molecule has 1 aromatic rings. The molecule has 0 saturated heterocycles. The molecule has 1 rings (SSSR count). The summed E-state index contributed by atoms with van der Waals surface area (Å²) in [4.78, 5) is 11.1. The first-order valence-electron chi connectivity index (χ1n) is 5.78. The van der Waals surface area contributed by atoms with Crippen LogP contribution in [0.2, 0.25) is 0 Å². The average Bonchev–Trinajstić information content (AvgIpc) is 2.37. The molecule has 98 valence electrons. The molecular weight excluding hydrogens is 232 g/mol. The fourth-order valence-corrected chi connectivity index (χ4v) is 1.20. The number of carbonyl (C=O) groups excluding carboxylic acids is 1. The summed E-state index contributed by atoms with van der Waals surface area (Å²) in [6.45, 7) is 5.38. The first-order valence-corrected chi connectivity index (χ1v) is 5.78. The standard InChI is InChI=1S/C14H18O4/c1-11(2)14(16)17-9-8-12(15)10-18-13-6-4-3-5-7-13/h3-7,12,15H,1,8-10H2,2H3. The predicted molar refractivity (Wildman–Crippen MR) is 68.3 cm³/mol. The Bertz CT molecular complexity index is 386. The van der Waals surface area contributed by atoms with Crippen LogP contribution in [0, 0.1) is 0 Å². The predicted octanol–water partition coefficient (Wildman–Crippen LogP) is 1.94. The summed E-state index contributed by atoms with van der Waals surface area (Å²) in [6, 6.07) is 9.23. The van der Waals surface area contributed by atoms with Gasteiger partial charge in [0.2, 0.25) is 0 Å². The van der Waals surface area contributed by atoms with Gasteiger partial charge in [0.25, 0.3) is 0 Å². The van der Waals surface area contributed by atoms with E-state index in [0.717, 1.165) is 0 Å². The quantitative estimate of drug-likeness (QED) is 0.593. The summed E-state index contributed by atoms with van der Waals surface area (Å²) in [7, 11) is 0. The van der Waals surface area contributed by atoms with Crippen molar-refractivity contribution in [1.82, 2.24) is 0 Å². The van der Waals surface area contributed by atoms with Crippen LogP contribution in [0.5, 0.6) is 5.75 Å². The van der Waals surface area contributed by atoms with Crippen molar-refractivity contribution < 1.29 is 19.4 Å². The maximum absolute atomic E-state index is 11.1. The van der Waals surface area contributed by atoms with Crippen molar-refractivity contribution in [2.45, 2.75) is 19.4 Å². The van der Waals surface area contributed by atoms with E-state index in [0.29, 0.717) is 17.7 Å². The van der Waals surface area contributed by atoms with E-state index < -0.39 is 12.1 Å². The van der Waals surface area contributed by atoms with Crippen LogP contribution in [0.15, 0.2) is 42.5 Å². The van der Waals surface area contributed by atoms with Crippen molar-refractivity contribution >= 4 is 5.97 Å². The molecule has 0 bridgehead atoms. The molecular formula is C14H18O4. The van der Waals surface area contributed by atoms with Gasteiger partial charge in [-0.3, -0.25) is 0 Å². The van der Waals surface area contributed by atoms with Crippen LogP contribution >= 0.6 is 0 Å². The number of para-hydroxylation sites is 1. The molecule has 0 radical (unpaired) electrons. The number of hydrogen-bond acceptors (Lipinski definition) is 4. The lowest BCUT2D eigenvalue weighted by atomic mass is 10.3. The molecule has 0 heterocycles. The highest BCUT2D eigenvalue weighted by molar-refractivity contribution is 5.86. The van der Waals surface area contributed by atoms with Crippen LogP contribution in [-0.2, 0) is 9.53 Å². The number of aliphatic hydroxyl groups excluding tert-OH is 1. The molecule has 1 aromatic carbocycles. The zero-order valence-electron chi connectivity index (χ0n) is 10.5. The van der Waals surface area contributed by atoms with Gasteiger partial charge in [-0.25, -0.2) is 4.79 Å². The average molecular weight is 250 g/mol. The van der Waals surface area contributed by atoms with Crippen molar-refractivity contribution in [3.63, 3.8) is 0 Å². The van der Waals surface area contributed by atoms with Gasteiger partial charge in [0.05, 0.1) is 12.7 Å². The summed E-state index contributed by atoms with van der Waals surface area (Å²) >= 11 is 0. The van der Waals surface area contributed by atoms with Crippen LogP contribution < -0.4 is 4.74 Å². The molecule has 0 aliphatic rings. The Kier molecular flexibility index (Phi) is 5.94. The van der Waals surface area contributed by atoms with Crippen LogP contribution in [0.25, 0.3) is 0 Å². The molecule has 0 aliphatic heterocycles. The molecule has 4 heteroatoms. The monoisotopic (exact) mass is 250 g/mol. The van der Waals surface area contributed by atoms with Gasteiger partial charge in [-0.1, -0.05) is 24.8 Å². The van der Waals surface area contributed by atoms with Crippen LogP contribution in [0.4, 0.5) is 0 Å². The third-order valence-electron chi connectivity index (χ3n) is 2.22. The van der Waals surface area contributed by atoms with Crippen molar-refractivity contribution in [2.75, 3.05) is 13.2 Å². The zero-order valence-corrected chi connectivity index (χ0v) is 10.5. The highest BCUT2D eigenvalue weighted by Crippen LogP contribution is 2.09. The molecule has 0 aliphatic carbocycles. The second-order valence-electron chi connectivity index (χ2n) is 3.98. The second kappa shape index (κ2) is 7.50. The largest absolute Gasteiger partial charge is 0.491 e. The van der Waals surface area contributed by atoms with Gasteiger partial charge in [-0.15, -0.1) is 0 Å². The molecule has 1 atom stereocenters. The first kappa shape index (κ1) is 14.3. The normalized spacial score (nSPS) is 11.7. The summed E-state index contributed by atoms with van der Waals surface area (Å²) in [5, 5.41) is 9.62. The minimum absolute atomic E-state index is 0.158. The van der Waals surface area contributed by atoms with Crippen LogP contribution in [0.1, 0.15) is 13.3 Å². The molecule has 4 nitrogen and oxygen atoms in total. The van der Waals surface area contributed by atoms with E-state index in [2.05, 4.69) is 6.58 Å². The molecule has 0 spiro atoms. The summed E-state index contributed by atoms with van der Waals surface area (Å²) in [5.41, 5.74) is 0.352. The molecule has 0 fully saturated rings. The lowest BCUT2D eigenvalue weighted by Crippen LogP contribution is -2.20. The second-order valence-corrected chi connectivity index (χ2v) is 3.98. The summed E-state index contributed by atoms with van der Waals surface area (Å²) in [6.07, 6.45) is -0.325. The van der Waals surface area contributed by atoms with E-state index in [4.69, 9.17) is 9.47 Å². The van der Waals surface area contributed by atoms with Gasteiger partial charge in [0.1, 0.15) is 12.4 Å². The number of ether oxygens (including phenoxy) is 2. The van der Waals surface area contributed by atoms with Gasteiger partial charge in [0.15, 0.2) is 0 Å². The fourth-order valence-electron chi connectivity index (χ4n) is 1.20. The first-order chi connectivity index (χ1) is 8.59. The summed E-state index contributed by atoms with van der Waals surface area (Å²) < 4.78 is 10.2. The van der Waals surface area contributed by atoms with Gasteiger partial charge in [-0.2, -0.15) is 0 Å². The Morgan fingerprint density at radius 3 is 2.67 bits per heavy atom. The van der Waals surface area contributed by atoms with Gasteiger partial charge < -0.3 is 14.6 Å². The van der Waals surface area contributed by atoms with Gasteiger partial charge in [-0.05, 0) is 19.1 Å². The highest BCUT2D eigenvalue weighted by atomic mass is 16.5. The molecule has 1 N–H and O–H groups in total. The van der Waals surface area contributed by atoms with E-state index in [1.54, 1.807) is 6.92 Å². The third-order valence-corrected chi connectivity index (χ3v) is 2.22. The Hall–Kier alpha value is -1.81. The SMILES string of the molecule is C=C(C)C(=O)OCCC(O)COc1ccccc1. The van der Waals surface area contributed by atoms with E-state index in [9.17, 15) is 9.90 Å². The number of carbonyl (C=O) groups is 1. The lowest BCUT2D eigenvalue weighted by Gasteiger charge is -2.12. The van der Waals surface area contributed by atoms with Crippen molar-refractivity contribution in [3.8, 4) is 5.75 Å².